The molecular formula is C21H20Cl2FN3O4. The highest BCUT2D eigenvalue weighted by Crippen LogP contribution is 2.60. The zero-order valence-corrected chi connectivity index (χ0v) is 17.9. The van der Waals surface area contributed by atoms with Crippen LogP contribution in [-0.2, 0) is 9.59 Å². The molecule has 3 aliphatic carbocycles. The van der Waals surface area contributed by atoms with Gasteiger partial charge in [0, 0.05) is 23.2 Å². The Labute approximate surface area is 188 Å². The third-order valence-electron chi connectivity index (χ3n) is 5.44. The van der Waals surface area contributed by atoms with E-state index in [1.54, 1.807) is 18.2 Å². The summed E-state index contributed by atoms with van der Waals surface area (Å²) >= 11 is 11.5. The Morgan fingerprint density at radius 2 is 1.39 bits per heavy atom. The van der Waals surface area contributed by atoms with Crippen molar-refractivity contribution in [3.8, 4) is 11.5 Å². The molecule has 5 rings (SSSR count). The molecule has 0 atom stereocenters. The summed E-state index contributed by atoms with van der Waals surface area (Å²) in [5.41, 5.74) is 5.44. The molecule has 31 heavy (non-hydrogen) atoms. The highest BCUT2D eigenvalue weighted by atomic mass is 35.5. The summed E-state index contributed by atoms with van der Waals surface area (Å²) in [5.74, 6) is -0.486. The van der Waals surface area contributed by atoms with Gasteiger partial charge in [0.15, 0.2) is 13.2 Å². The van der Waals surface area contributed by atoms with Gasteiger partial charge in [0.2, 0.25) is 0 Å². The molecule has 2 aromatic carbocycles. The first-order chi connectivity index (χ1) is 14.7. The molecule has 0 saturated heterocycles. The molecule has 2 bridgehead atoms. The first-order valence-corrected chi connectivity index (χ1v) is 10.3. The van der Waals surface area contributed by atoms with Crippen molar-refractivity contribution in [3.63, 3.8) is 0 Å². The Bertz CT molecular complexity index is 950. The van der Waals surface area contributed by atoms with Gasteiger partial charge < -0.3 is 25.8 Å². The number of amides is 2. The van der Waals surface area contributed by atoms with Crippen LogP contribution >= 0.6 is 23.2 Å². The Balaban J connectivity index is 1.17. The van der Waals surface area contributed by atoms with Gasteiger partial charge in [-0.1, -0.05) is 23.2 Å². The maximum Gasteiger partial charge on any atom is 0.258 e. The Hall–Kier alpha value is -2.71. The van der Waals surface area contributed by atoms with E-state index in [4.69, 9.17) is 38.4 Å². The topological polar surface area (TPSA) is 103 Å². The maximum atomic E-state index is 13.4. The molecule has 2 amide bonds. The van der Waals surface area contributed by atoms with Gasteiger partial charge in [-0.25, -0.2) is 4.39 Å². The van der Waals surface area contributed by atoms with E-state index in [9.17, 15) is 14.0 Å². The number of carbonyl (C=O) groups is 2. The quantitative estimate of drug-likeness (QED) is 0.517. The van der Waals surface area contributed by atoms with Crippen LogP contribution in [0.2, 0.25) is 10.0 Å². The largest absolute Gasteiger partial charge is 0.484 e. The highest BCUT2D eigenvalue weighted by molar-refractivity contribution is 6.33. The first kappa shape index (κ1) is 21.5. The monoisotopic (exact) mass is 467 g/mol. The minimum absolute atomic E-state index is 0.0132. The van der Waals surface area contributed by atoms with Gasteiger partial charge in [-0.05, 0) is 43.5 Å². The Morgan fingerprint density at radius 1 is 0.903 bits per heavy atom. The molecule has 10 heteroatoms. The number of anilines is 1. The van der Waals surface area contributed by atoms with Crippen LogP contribution in [0.1, 0.15) is 19.3 Å². The fourth-order valence-corrected chi connectivity index (χ4v) is 4.43. The summed E-state index contributed by atoms with van der Waals surface area (Å²) in [5, 5.41) is 6.30. The second-order valence-electron chi connectivity index (χ2n) is 8.02. The van der Waals surface area contributed by atoms with Gasteiger partial charge in [-0.3, -0.25) is 9.59 Å². The van der Waals surface area contributed by atoms with Crippen LogP contribution in [0.25, 0.3) is 0 Å². The number of rotatable bonds is 8. The molecule has 0 spiro atoms. The van der Waals surface area contributed by atoms with E-state index in [2.05, 4.69) is 10.6 Å². The molecular weight excluding hydrogens is 448 g/mol. The number of ether oxygens (including phenoxy) is 2. The summed E-state index contributed by atoms with van der Waals surface area (Å²) in [6.45, 7) is -0.381. The average molecular weight is 468 g/mol. The molecule has 2 aromatic rings. The van der Waals surface area contributed by atoms with Crippen molar-refractivity contribution in [2.24, 2.45) is 0 Å². The zero-order chi connectivity index (χ0) is 22.2. The first-order valence-electron chi connectivity index (χ1n) is 9.55. The van der Waals surface area contributed by atoms with Crippen LogP contribution < -0.4 is 25.8 Å². The van der Waals surface area contributed by atoms with Crippen molar-refractivity contribution < 1.29 is 23.5 Å². The van der Waals surface area contributed by atoms with Crippen LogP contribution in [0.5, 0.6) is 11.5 Å². The molecule has 4 N–H and O–H groups in total. The van der Waals surface area contributed by atoms with Crippen molar-refractivity contribution in [1.29, 1.82) is 0 Å². The van der Waals surface area contributed by atoms with Crippen molar-refractivity contribution in [2.45, 2.75) is 30.3 Å². The fourth-order valence-electron chi connectivity index (χ4n) is 4.19. The van der Waals surface area contributed by atoms with Crippen LogP contribution in [0.15, 0.2) is 36.4 Å². The molecule has 0 heterocycles. The summed E-state index contributed by atoms with van der Waals surface area (Å²) < 4.78 is 24.2. The fraction of sp³-hybridized carbons (Fsp3) is 0.333. The van der Waals surface area contributed by atoms with E-state index in [1.165, 1.54) is 12.1 Å². The number of nitrogens with two attached hydrogens (primary N) is 1. The maximum absolute atomic E-state index is 13.4. The number of halogens is 3. The summed E-state index contributed by atoms with van der Waals surface area (Å²) in [4.78, 5) is 24.4. The lowest BCUT2D eigenvalue weighted by atomic mass is 9.44. The third kappa shape index (κ3) is 4.65. The van der Waals surface area contributed by atoms with Gasteiger partial charge >= 0.3 is 0 Å². The molecule has 0 aromatic heterocycles. The average Bonchev–Trinajstić information content (AvgIpc) is 2.67. The lowest BCUT2D eigenvalue weighted by molar-refractivity contribution is -0.151. The summed E-state index contributed by atoms with van der Waals surface area (Å²) in [6.07, 6.45) is 1.92. The number of nitrogens with one attached hydrogen (secondary N) is 2. The highest BCUT2D eigenvalue weighted by Gasteiger charge is 2.69. The number of hydrogen-bond donors (Lipinski definition) is 3. The third-order valence-corrected chi connectivity index (χ3v) is 6.09. The van der Waals surface area contributed by atoms with Crippen LogP contribution in [0, 0.1) is 5.82 Å². The molecule has 0 unspecified atom stereocenters. The molecule has 0 aliphatic heterocycles. The predicted octanol–water partition coefficient (Wildman–Crippen LogP) is 3.08. The molecule has 3 aliphatic rings. The summed E-state index contributed by atoms with van der Waals surface area (Å²) in [7, 11) is 0. The van der Waals surface area contributed by atoms with E-state index in [0.717, 1.165) is 6.07 Å². The van der Waals surface area contributed by atoms with Crippen LogP contribution in [0.3, 0.4) is 0 Å². The lowest BCUT2D eigenvalue weighted by Crippen LogP contribution is -2.84. The molecule has 7 nitrogen and oxygen atoms in total. The number of carbonyl (C=O) groups excluding carboxylic acids is 2. The van der Waals surface area contributed by atoms with Crippen molar-refractivity contribution >= 4 is 40.7 Å². The second-order valence-corrected chi connectivity index (χ2v) is 8.84. The van der Waals surface area contributed by atoms with E-state index < -0.39 is 5.82 Å². The SMILES string of the molecule is Nc1cc(OCC(=O)NC23CC(NC(=O)COc4ccc(Cl)c(F)c4)(C2)C3)ccc1Cl. The number of hydrogen-bond acceptors (Lipinski definition) is 5. The zero-order valence-electron chi connectivity index (χ0n) is 16.3. The molecule has 3 fully saturated rings. The van der Waals surface area contributed by atoms with Crippen molar-refractivity contribution in [1.82, 2.24) is 10.6 Å². The van der Waals surface area contributed by atoms with Crippen molar-refractivity contribution in [2.75, 3.05) is 18.9 Å². The van der Waals surface area contributed by atoms with Crippen molar-refractivity contribution in [3.05, 3.63) is 52.3 Å². The summed E-state index contributed by atoms with van der Waals surface area (Å²) in [6, 6.07) is 8.78. The standard InChI is InChI=1S/C21H20Cl2FN3O4/c22-14-3-1-12(5-16(14)24)30-7-18(28)26-20-9-21(10-20,11-20)27-19(29)8-31-13-2-4-15(23)17(25)6-13/h1-6H,7-11,25H2,(H,26,28)(H,27,29). The van der Waals surface area contributed by atoms with E-state index in [-0.39, 0.29) is 46.9 Å². The van der Waals surface area contributed by atoms with Gasteiger partial charge in [0.25, 0.3) is 11.8 Å². The van der Waals surface area contributed by atoms with Crippen LogP contribution in [-0.4, -0.2) is 36.1 Å². The van der Waals surface area contributed by atoms with Gasteiger partial charge in [-0.15, -0.1) is 0 Å². The molecule has 164 valence electrons. The molecule has 0 radical (unpaired) electrons. The number of benzene rings is 2. The van der Waals surface area contributed by atoms with E-state index in [1.807, 2.05) is 0 Å². The van der Waals surface area contributed by atoms with E-state index in [0.29, 0.717) is 35.7 Å². The molecule has 3 saturated carbocycles. The van der Waals surface area contributed by atoms with Gasteiger partial charge in [-0.2, -0.15) is 0 Å². The van der Waals surface area contributed by atoms with Gasteiger partial charge in [0.05, 0.1) is 15.7 Å². The number of nitrogen functional groups attached to an aromatic ring is 1. The predicted molar refractivity (Wildman–Crippen MR) is 114 cm³/mol. The second kappa shape index (κ2) is 8.09. The minimum Gasteiger partial charge on any atom is -0.484 e. The van der Waals surface area contributed by atoms with Gasteiger partial charge in [0.1, 0.15) is 17.3 Å². The van der Waals surface area contributed by atoms with E-state index >= 15 is 0 Å². The normalized spacial score (nSPS) is 23.2. The Morgan fingerprint density at radius 3 is 1.87 bits per heavy atom. The minimum atomic E-state index is -0.611. The smallest absolute Gasteiger partial charge is 0.258 e. The Kier molecular flexibility index (Phi) is 5.61. The lowest BCUT2D eigenvalue weighted by Gasteiger charge is -2.70. The van der Waals surface area contributed by atoms with Crippen LogP contribution in [0.4, 0.5) is 10.1 Å².